The maximum atomic E-state index is 14.3. The van der Waals surface area contributed by atoms with Gasteiger partial charge in [0, 0.05) is 24.3 Å². The van der Waals surface area contributed by atoms with Crippen LogP contribution >= 0.6 is 0 Å². The van der Waals surface area contributed by atoms with E-state index in [1.165, 1.54) is 31.1 Å². The minimum atomic E-state index is -1.67. The van der Waals surface area contributed by atoms with Crippen LogP contribution in [0, 0.1) is 11.3 Å². The summed E-state index contributed by atoms with van der Waals surface area (Å²) in [5, 5.41) is 39.0. The summed E-state index contributed by atoms with van der Waals surface area (Å²) in [5.74, 6) is -0.550. The lowest BCUT2D eigenvalue weighted by atomic mass is 9.97. The lowest BCUT2D eigenvalue weighted by Gasteiger charge is -2.38. The van der Waals surface area contributed by atoms with Crippen molar-refractivity contribution in [2.75, 3.05) is 11.9 Å². The number of nitrogens with zero attached hydrogens (tertiary/aromatic N) is 5. The van der Waals surface area contributed by atoms with Gasteiger partial charge < -0.3 is 25.7 Å². The van der Waals surface area contributed by atoms with Gasteiger partial charge in [0.05, 0.1) is 52.1 Å². The van der Waals surface area contributed by atoms with E-state index in [-0.39, 0.29) is 30.2 Å². The Balaban J connectivity index is 1.46. The highest BCUT2D eigenvalue weighted by atomic mass is 19.1. The fourth-order valence-electron chi connectivity index (χ4n) is 5.50. The molecule has 0 saturated carbocycles. The molecule has 12 heteroatoms. The first-order valence-corrected chi connectivity index (χ1v) is 12.9. The number of nitriles is 1. The SMILES string of the molecule is CC(C)(O)[C@H](F)CNC(=O)c1cnc(-c2ccc3cc(C#N)cnn23)cc1N[C@H]1C[C@H]2CC[C@@H](C1)N2C(=O)O. The van der Waals surface area contributed by atoms with Crippen molar-refractivity contribution >= 4 is 23.2 Å². The molecule has 0 spiro atoms. The van der Waals surface area contributed by atoms with Crippen LogP contribution in [0.5, 0.6) is 0 Å². The first-order valence-electron chi connectivity index (χ1n) is 12.9. The quantitative estimate of drug-likeness (QED) is 0.359. The van der Waals surface area contributed by atoms with Crippen molar-refractivity contribution in [3.63, 3.8) is 0 Å². The van der Waals surface area contributed by atoms with Crippen LogP contribution in [0.3, 0.4) is 0 Å². The second-order valence-electron chi connectivity index (χ2n) is 10.7. The number of rotatable bonds is 7. The normalized spacial score (nSPS) is 21.4. The molecule has 11 nitrogen and oxygen atoms in total. The molecule has 2 fully saturated rings. The minimum Gasteiger partial charge on any atom is -0.465 e. The molecule has 2 aliphatic heterocycles. The molecule has 3 aromatic heterocycles. The van der Waals surface area contributed by atoms with Crippen LogP contribution in [0.2, 0.25) is 0 Å². The van der Waals surface area contributed by atoms with Gasteiger partial charge in [-0.15, -0.1) is 0 Å². The molecule has 0 aliphatic carbocycles. The van der Waals surface area contributed by atoms with E-state index in [4.69, 9.17) is 0 Å². The van der Waals surface area contributed by atoms with Gasteiger partial charge in [0.25, 0.3) is 5.91 Å². The van der Waals surface area contributed by atoms with Gasteiger partial charge in [-0.25, -0.2) is 13.7 Å². The van der Waals surface area contributed by atoms with E-state index in [9.17, 15) is 29.5 Å². The molecule has 0 unspecified atom stereocenters. The van der Waals surface area contributed by atoms with Gasteiger partial charge in [0.1, 0.15) is 12.2 Å². The van der Waals surface area contributed by atoms with Crippen molar-refractivity contribution in [2.24, 2.45) is 0 Å². The molecule has 2 bridgehead atoms. The maximum Gasteiger partial charge on any atom is 0.407 e. The number of carbonyl (C=O) groups is 2. The standard InChI is InChI=1S/C27H30FN7O4/c1-27(2,39)24(28)14-31-25(36)20-13-30-22(23-6-5-19-7-15(11-29)12-32-35(19)23)10-21(20)33-16-8-17-3-4-18(9-16)34(17)26(37)38/h5-7,10,12-13,16-18,24,39H,3-4,8-9,14H2,1-2H3,(H,30,33)(H,31,36)(H,37,38)/t16-,17+,18-,24-/m1/s1. The van der Waals surface area contributed by atoms with Gasteiger partial charge in [-0.2, -0.15) is 10.4 Å². The van der Waals surface area contributed by atoms with Crippen molar-refractivity contribution < 1.29 is 24.2 Å². The number of amides is 2. The number of hydrogen-bond acceptors (Lipinski definition) is 7. The zero-order valence-corrected chi connectivity index (χ0v) is 21.6. The number of alkyl halides is 1. The summed E-state index contributed by atoms with van der Waals surface area (Å²) in [6, 6.07) is 8.87. The van der Waals surface area contributed by atoms with E-state index in [0.717, 1.165) is 12.8 Å². The van der Waals surface area contributed by atoms with Crippen LogP contribution < -0.4 is 10.6 Å². The molecule has 0 radical (unpaired) electrons. The van der Waals surface area contributed by atoms with Crippen molar-refractivity contribution in [3.05, 3.63) is 47.8 Å². The predicted molar refractivity (Wildman–Crippen MR) is 140 cm³/mol. The zero-order valence-electron chi connectivity index (χ0n) is 21.6. The summed E-state index contributed by atoms with van der Waals surface area (Å²) in [6.45, 7) is 2.29. The van der Waals surface area contributed by atoms with Crippen molar-refractivity contribution in [1.29, 1.82) is 5.26 Å². The molecule has 204 valence electrons. The Kier molecular flexibility index (Phi) is 6.86. The fourth-order valence-corrected chi connectivity index (χ4v) is 5.50. The van der Waals surface area contributed by atoms with Crippen LogP contribution in [0.4, 0.5) is 14.9 Å². The second-order valence-corrected chi connectivity index (χ2v) is 10.7. The molecule has 5 rings (SSSR count). The maximum absolute atomic E-state index is 14.3. The fraction of sp³-hybridized carbons (Fsp3) is 0.444. The first-order chi connectivity index (χ1) is 18.5. The topological polar surface area (TPSA) is 156 Å². The van der Waals surface area contributed by atoms with Crippen LogP contribution in [-0.4, -0.2) is 78.2 Å². The number of nitrogens with one attached hydrogen (secondary N) is 2. The lowest BCUT2D eigenvalue weighted by molar-refractivity contribution is -0.00177. The number of halogens is 1. The summed E-state index contributed by atoms with van der Waals surface area (Å²) in [5.41, 5.74) is 1.38. The number of fused-ring (bicyclic) bond motifs is 3. The Morgan fingerprint density at radius 3 is 2.59 bits per heavy atom. The Morgan fingerprint density at radius 1 is 1.23 bits per heavy atom. The number of anilines is 1. The lowest BCUT2D eigenvalue weighted by Crippen LogP contribution is -2.49. The number of hydrogen-bond donors (Lipinski definition) is 4. The molecule has 3 aromatic rings. The van der Waals surface area contributed by atoms with Gasteiger partial charge in [-0.05, 0) is 63.8 Å². The molecule has 5 heterocycles. The van der Waals surface area contributed by atoms with E-state index < -0.39 is 23.8 Å². The van der Waals surface area contributed by atoms with E-state index in [2.05, 4.69) is 26.8 Å². The van der Waals surface area contributed by atoms with E-state index in [1.807, 2.05) is 12.1 Å². The number of piperidine rings is 1. The van der Waals surface area contributed by atoms with E-state index in [0.29, 0.717) is 41.0 Å². The molecule has 4 atom stereocenters. The summed E-state index contributed by atoms with van der Waals surface area (Å²) >= 11 is 0. The smallest absolute Gasteiger partial charge is 0.407 e. The van der Waals surface area contributed by atoms with Crippen molar-refractivity contribution in [2.45, 2.75) is 69.4 Å². The highest BCUT2D eigenvalue weighted by Gasteiger charge is 2.43. The van der Waals surface area contributed by atoms with Gasteiger partial charge in [0.2, 0.25) is 0 Å². The predicted octanol–water partition coefficient (Wildman–Crippen LogP) is 3.19. The Hall–Kier alpha value is -4.24. The van der Waals surface area contributed by atoms with Gasteiger partial charge >= 0.3 is 6.09 Å². The minimum absolute atomic E-state index is 0.0782. The summed E-state index contributed by atoms with van der Waals surface area (Å²) in [6.07, 6.45) is 3.08. The summed E-state index contributed by atoms with van der Waals surface area (Å²) in [4.78, 5) is 30.9. The Bertz CT molecular complexity index is 1450. The first kappa shape index (κ1) is 26.4. The van der Waals surface area contributed by atoms with E-state index >= 15 is 0 Å². The van der Waals surface area contributed by atoms with Crippen LogP contribution in [0.15, 0.2) is 36.7 Å². The average Bonchev–Trinajstić information content (AvgIpc) is 3.44. The number of aromatic nitrogens is 3. The third-order valence-corrected chi connectivity index (χ3v) is 7.56. The number of aliphatic hydroxyl groups is 1. The average molecular weight is 536 g/mol. The summed E-state index contributed by atoms with van der Waals surface area (Å²) < 4.78 is 16.0. The van der Waals surface area contributed by atoms with Crippen LogP contribution in [0.1, 0.15) is 55.5 Å². The third kappa shape index (κ3) is 5.22. The molecular weight excluding hydrogens is 505 g/mol. The number of carbonyl (C=O) groups excluding carboxylic acids is 1. The van der Waals surface area contributed by atoms with Gasteiger partial charge in [-0.1, -0.05) is 0 Å². The molecule has 39 heavy (non-hydrogen) atoms. The van der Waals surface area contributed by atoms with Gasteiger partial charge in [0.15, 0.2) is 0 Å². The zero-order chi connectivity index (χ0) is 27.9. The van der Waals surface area contributed by atoms with Crippen molar-refractivity contribution in [3.8, 4) is 17.5 Å². The van der Waals surface area contributed by atoms with E-state index in [1.54, 1.807) is 16.6 Å². The molecule has 2 saturated heterocycles. The van der Waals surface area contributed by atoms with Gasteiger partial charge in [-0.3, -0.25) is 9.78 Å². The largest absolute Gasteiger partial charge is 0.465 e. The molecule has 2 amide bonds. The second kappa shape index (κ2) is 10.1. The Morgan fingerprint density at radius 2 is 1.95 bits per heavy atom. The third-order valence-electron chi connectivity index (χ3n) is 7.56. The summed E-state index contributed by atoms with van der Waals surface area (Å²) in [7, 11) is 0. The molecule has 0 aromatic carbocycles. The molecular formula is C27H30FN7O4. The molecule has 4 N–H and O–H groups in total. The number of pyridine rings is 1. The highest BCUT2D eigenvalue weighted by molar-refractivity contribution is 6.00. The van der Waals surface area contributed by atoms with Crippen LogP contribution in [-0.2, 0) is 0 Å². The monoisotopic (exact) mass is 535 g/mol. The number of carboxylic acid groups (broad SMARTS) is 1. The van der Waals surface area contributed by atoms with Crippen molar-refractivity contribution in [1.82, 2.24) is 24.8 Å². The molecule has 2 aliphatic rings. The van der Waals surface area contributed by atoms with Crippen LogP contribution in [0.25, 0.3) is 16.9 Å². The highest BCUT2D eigenvalue weighted by Crippen LogP contribution is 2.37. The Labute approximate surface area is 224 Å².